The number of rotatable bonds is 4. The molecule has 1 aliphatic carbocycles. The highest BCUT2D eigenvalue weighted by Crippen LogP contribution is 2.39. The van der Waals surface area contributed by atoms with E-state index in [1.807, 2.05) is 74.8 Å². The van der Waals surface area contributed by atoms with E-state index in [1.54, 1.807) is 6.20 Å². The Morgan fingerprint density at radius 2 is 1.76 bits per heavy atom. The minimum Gasteiger partial charge on any atom is -0.372 e. The van der Waals surface area contributed by atoms with Gasteiger partial charge in [-0.15, -0.1) is 0 Å². The Hall–Kier alpha value is -4.20. The summed E-state index contributed by atoms with van der Waals surface area (Å²) in [6.07, 6.45) is 8.22. The van der Waals surface area contributed by atoms with Gasteiger partial charge in [-0.3, -0.25) is 9.78 Å². The highest BCUT2D eigenvalue weighted by Gasteiger charge is 2.25. The lowest BCUT2D eigenvalue weighted by atomic mass is 10.1. The first-order chi connectivity index (χ1) is 16.2. The minimum absolute atomic E-state index is 0.250. The summed E-state index contributed by atoms with van der Waals surface area (Å²) >= 11 is 0. The van der Waals surface area contributed by atoms with E-state index in [1.165, 1.54) is 12.8 Å². The molecular weight excluding hydrogens is 416 g/mol. The van der Waals surface area contributed by atoms with Crippen LogP contribution in [-0.4, -0.2) is 27.4 Å². The van der Waals surface area contributed by atoms with Crippen LogP contribution in [-0.2, 0) is 4.79 Å². The maximum absolute atomic E-state index is 12.3. The van der Waals surface area contributed by atoms with Crippen molar-refractivity contribution in [1.82, 2.24) is 15.0 Å². The molecule has 1 fully saturated rings. The Morgan fingerprint density at radius 1 is 1.06 bits per heavy atom. The number of carbonyl (C=O) groups excluding carboxylic acids is 2. The van der Waals surface area contributed by atoms with Gasteiger partial charge in [0.25, 0.3) is 0 Å². The third kappa shape index (κ3) is 6.16. The lowest BCUT2D eigenvalue weighted by Gasteiger charge is -2.08. The Labute approximate surface area is 192 Å². The van der Waals surface area contributed by atoms with Crippen molar-refractivity contribution in [2.45, 2.75) is 32.6 Å². The molecule has 0 saturated heterocycles. The highest BCUT2D eigenvalue weighted by molar-refractivity contribution is 6.03. The molecule has 5 N–H and O–H groups in total. The number of anilines is 2. The lowest BCUT2D eigenvalue weighted by molar-refractivity contribution is -0.106. The molecule has 8 nitrogen and oxygen atoms in total. The van der Waals surface area contributed by atoms with Crippen molar-refractivity contribution in [3.8, 4) is 11.3 Å². The van der Waals surface area contributed by atoms with Gasteiger partial charge in [0.1, 0.15) is 0 Å². The van der Waals surface area contributed by atoms with Crippen LogP contribution in [0.3, 0.4) is 0 Å². The van der Waals surface area contributed by atoms with Gasteiger partial charge in [-0.05, 0) is 43.2 Å². The number of amides is 3. The number of carbonyl (C=O) groups is 2. The van der Waals surface area contributed by atoms with Gasteiger partial charge in [-0.2, -0.15) is 0 Å². The van der Waals surface area contributed by atoms with E-state index in [2.05, 4.69) is 26.3 Å². The molecule has 0 radical (unpaired) electrons. The highest BCUT2D eigenvalue weighted by atomic mass is 16.2. The molecule has 2 heterocycles. The number of aromatic amines is 1. The van der Waals surface area contributed by atoms with Gasteiger partial charge in [0.15, 0.2) is 0 Å². The average Bonchev–Trinajstić information content (AvgIpc) is 3.61. The van der Waals surface area contributed by atoms with Crippen molar-refractivity contribution < 1.29 is 9.59 Å². The van der Waals surface area contributed by atoms with Gasteiger partial charge in [0.05, 0.1) is 17.6 Å². The smallest absolute Gasteiger partial charge is 0.323 e. The number of fused-ring (bicyclic) bond motifs is 1. The van der Waals surface area contributed by atoms with E-state index in [0.717, 1.165) is 33.5 Å². The quantitative estimate of drug-likeness (QED) is 0.320. The third-order valence-corrected chi connectivity index (χ3v) is 4.90. The van der Waals surface area contributed by atoms with Crippen LogP contribution in [0.25, 0.3) is 22.2 Å². The molecule has 0 spiro atoms. The standard InChI is InChI=1S/C22H19N5O.C2H6.CH3NO/c28-22(25-15-4-2-1-3-5-15)26-16-8-9-19-17(10-16)18(11-24-19)21-13-23-12-20(27-21)14-6-7-14;1-2;2-1-3/h1-5,8-14,24H,6-7H2,(H2,25,26,28);1-2H3;1H,(H2,2,3). The molecule has 0 atom stereocenters. The largest absolute Gasteiger partial charge is 0.372 e. The molecule has 1 saturated carbocycles. The third-order valence-electron chi connectivity index (χ3n) is 4.90. The first-order valence-corrected chi connectivity index (χ1v) is 10.9. The Kier molecular flexibility index (Phi) is 8.13. The first kappa shape index (κ1) is 23.5. The maximum Gasteiger partial charge on any atom is 0.323 e. The van der Waals surface area contributed by atoms with Crippen LogP contribution in [0, 0.1) is 0 Å². The molecule has 5 rings (SSSR count). The lowest BCUT2D eigenvalue weighted by Crippen LogP contribution is -2.19. The molecule has 8 heteroatoms. The number of para-hydroxylation sites is 1. The second kappa shape index (κ2) is 11.4. The van der Waals surface area contributed by atoms with Crippen molar-refractivity contribution in [1.29, 1.82) is 0 Å². The molecule has 33 heavy (non-hydrogen) atoms. The van der Waals surface area contributed by atoms with E-state index in [0.29, 0.717) is 11.6 Å². The number of hydrogen-bond donors (Lipinski definition) is 4. The summed E-state index contributed by atoms with van der Waals surface area (Å²) in [5.74, 6) is 0.552. The van der Waals surface area contributed by atoms with Crippen LogP contribution in [0.15, 0.2) is 67.1 Å². The minimum atomic E-state index is -0.279. The van der Waals surface area contributed by atoms with E-state index < -0.39 is 0 Å². The number of nitrogens with two attached hydrogens (primary N) is 1. The molecule has 1 aliphatic rings. The topological polar surface area (TPSA) is 126 Å². The van der Waals surface area contributed by atoms with Gasteiger partial charge in [-0.1, -0.05) is 32.0 Å². The fourth-order valence-corrected chi connectivity index (χ4v) is 3.31. The van der Waals surface area contributed by atoms with Crippen molar-refractivity contribution >= 4 is 34.7 Å². The zero-order chi connectivity index (χ0) is 23.6. The Morgan fingerprint density at radius 3 is 2.45 bits per heavy atom. The summed E-state index contributed by atoms with van der Waals surface area (Å²) in [5.41, 5.74) is 9.51. The first-order valence-electron chi connectivity index (χ1n) is 10.9. The van der Waals surface area contributed by atoms with E-state index in [9.17, 15) is 4.79 Å². The molecule has 0 aliphatic heterocycles. The van der Waals surface area contributed by atoms with Gasteiger partial charge >= 0.3 is 6.03 Å². The summed E-state index contributed by atoms with van der Waals surface area (Å²) in [6.45, 7) is 4.00. The van der Waals surface area contributed by atoms with Crippen LogP contribution < -0.4 is 16.4 Å². The van der Waals surface area contributed by atoms with Crippen molar-refractivity contribution in [3.63, 3.8) is 0 Å². The van der Waals surface area contributed by atoms with Crippen LogP contribution >= 0.6 is 0 Å². The maximum atomic E-state index is 12.3. The van der Waals surface area contributed by atoms with E-state index in [4.69, 9.17) is 9.78 Å². The Balaban J connectivity index is 0.000000569. The molecule has 3 amide bonds. The molecule has 0 bridgehead atoms. The number of H-pyrrole nitrogens is 1. The summed E-state index contributed by atoms with van der Waals surface area (Å²) in [7, 11) is 0. The normalized spacial score (nSPS) is 11.9. The summed E-state index contributed by atoms with van der Waals surface area (Å²) < 4.78 is 0. The number of aromatic nitrogens is 3. The van der Waals surface area contributed by atoms with Gasteiger partial charge in [0.2, 0.25) is 6.41 Å². The monoisotopic (exact) mass is 444 g/mol. The van der Waals surface area contributed by atoms with E-state index in [-0.39, 0.29) is 12.4 Å². The summed E-state index contributed by atoms with van der Waals surface area (Å²) in [6, 6.07) is 14.9. The molecule has 2 aromatic heterocycles. The number of benzene rings is 2. The SMILES string of the molecule is CC.NC=O.O=C(Nc1ccccc1)Nc1ccc2[nH]cc(-c3cncc(C4CC4)n3)c2c1. The average molecular weight is 445 g/mol. The number of primary amides is 1. The van der Waals surface area contributed by atoms with Crippen LogP contribution in [0.4, 0.5) is 16.2 Å². The number of urea groups is 1. The summed E-state index contributed by atoms with van der Waals surface area (Å²) in [5, 5.41) is 6.72. The van der Waals surface area contributed by atoms with Crippen molar-refractivity contribution in [2.75, 3.05) is 10.6 Å². The Bertz CT molecular complexity index is 1200. The number of hydrogen-bond acceptors (Lipinski definition) is 4. The fraction of sp³-hybridized carbons (Fsp3) is 0.200. The molecule has 170 valence electrons. The zero-order valence-corrected chi connectivity index (χ0v) is 18.7. The molecule has 0 unspecified atom stereocenters. The predicted octanol–water partition coefficient (Wildman–Crippen LogP) is 5.27. The predicted molar refractivity (Wildman–Crippen MR) is 132 cm³/mol. The zero-order valence-electron chi connectivity index (χ0n) is 18.7. The number of nitrogens with one attached hydrogen (secondary N) is 3. The van der Waals surface area contributed by atoms with Crippen LogP contribution in [0.1, 0.15) is 38.3 Å². The summed E-state index contributed by atoms with van der Waals surface area (Å²) in [4.78, 5) is 33.3. The molecular formula is C25H28N6O2. The van der Waals surface area contributed by atoms with Gasteiger partial charge in [0, 0.05) is 46.2 Å². The second-order valence-corrected chi connectivity index (χ2v) is 7.15. The number of nitrogens with zero attached hydrogens (tertiary/aromatic N) is 2. The second-order valence-electron chi connectivity index (χ2n) is 7.15. The van der Waals surface area contributed by atoms with Crippen molar-refractivity contribution in [2.24, 2.45) is 5.73 Å². The van der Waals surface area contributed by atoms with Crippen LogP contribution in [0.5, 0.6) is 0 Å². The van der Waals surface area contributed by atoms with Gasteiger partial charge in [-0.25, -0.2) is 9.78 Å². The molecule has 2 aromatic carbocycles. The molecule has 4 aromatic rings. The van der Waals surface area contributed by atoms with Gasteiger partial charge < -0.3 is 21.4 Å². The fourth-order valence-electron chi connectivity index (χ4n) is 3.31. The van der Waals surface area contributed by atoms with Crippen molar-refractivity contribution in [3.05, 3.63) is 72.8 Å². The van der Waals surface area contributed by atoms with Crippen LogP contribution in [0.2, 0.25) is 0 Å². The van der Waals surface area contributed by atoms with E-state index >= 15 is 0 Å².